The molecule has 26 heavy (non-hydrogen) atoms. The van der Waals surface area contributed by atoms with Gasteiger partial charge in [0, 0.05) is 10.9 Å². The van der Waals surface area contributed by atoms with Gasteiger partial charge in [0.05, 0.1) is 6.54 Å². The lowest BCUT2D eigenvalue weighted by atomic mass is 10.2. The molecule has 138 valence electrons. The molecule has 0 spiro atoms. The van der Waals surface area contributed by atoms with E-state index in [1.807, 2.05) is 13.8 Å². The number of hydrogen-bond donors (Lipinski definition) is 2. The summed E-state index contributed by atoms with van der Waals surface area (Å²) in [5.74, 6) is -1.85. The molecule has 2 N–H and O–H groups in total. The lowest BCUT2D eigenvalue weighted by Crippen LogP contribution is -2.41. The predicted molar refractivity (Wildman–Crippen MR) is 96.3 cm³/mol. The lowest BCUT2D eigenvalue weighted by Gasteiger charge is -2.09. The molecule has 2 amide bonds. The molecule has 0 aliphatic heterocycles. The van der Waals surface area contributed by atoms with Gasteiger partial charge in [-0.3, -0.25) is 9.59 Å². The summed E-state index contributed by atoms with van der Waals surface area (Å²) in [5.41, 5.74) is 0.782. The highest BCUT2D eigenvalue weighted by atomic mass is 32.1. The number of carbonyl (C=O) groups excluding carboxylic acids is 3. The van der Waals surface area contributed by atoms with E-state index in [2.05, 4.69) is 10.6 Å². The maximum atomic E-state index is 13.0. The fraction of sp³-hybridized carbons (Fsp3) is 0.278. The summed E-state index contributed by atoms with van der Waals surface area (Å²) in [7, 11) is 0. The Morgan fingerprint density at radius 1 is 1.08 bits per heavy atom. The van der Waals surface area contributed by atoms with Crippen molar-refractivity contribution in [1.29, 1.82) is 0 Å². The molecular formula is C18H19FN2O4S. The normalized spacial score (nSPS) is 10.5. The number of carbonyl (C=O) groups is 3. The van der Waals surface area contributed by atoms with Crippen LogP contribution < -0.4 is 10.6 Å². The van der Waals surface area contributed by atoms with Crippen LogP contribution in [0.5, 0.6) is 0 Å². The average Bonchev–Trinajstić information content (AvgIpc) is 3.08. The largest absolute Gasteiger partial charge is 0.451 e. The van der Waals surface area contributed by atoms with Crippen LogP contribution in [0, 0.1) is 5.82 Å². The number of thiophene rings is 1. The Balaban J connectivity index is 1.82. The van der Waals surface area contributed by atoms with Crippen molar-refractivity contribution in [2.45, 2.75) is 19.9 Å². The molecule has 0 radical (unpaired) electrons. The molecule has 2 aromatic rings. The van der Waals surface area contributed by atoms with Crippen molar-refractivity contribution in [2.24, 2.45) is 0 Å². The third-order valence-electron chi connectivity index (χ3n) is 3.17. The molecule has 0 unspecified atom stereocenters. The van der Waals surface area contributed by atoms with E-state index >= 15 is 0 Å². The van der Waals surface area contributed by atoms with Crippen molar-refractivity contribution >= 4 is 29.1 Å². The van der Waals surface area contributed by atoms with Crippen molar-refractivity contribution in [2.75, 3.05) is 13.2 Å². The molecule has 8 heteroatoms. The number of hydrogen-bond acceptors (Lipinski definition) is 5. The molecule has 2 rings (SSSR count). The third-order valence-corrected chi connectivity index (χ3v) is 4.28. The first-order chi connectivity index (χ1) is 12.3. The number of ether oxygens (including phenoxy) is 1. The van der Waals surface area contributed by atoms with Crippen molar-refractivity contribution in [1.82, 2.24) is 10.6 Å². The zero-order valence-electron chi connectivity index (χ0n) is 14.4. The van der Waals surface area contributed by atoms with Gasteiger partial charge in [0.2, 0.25) is 5.91 Å². The van der Waals surface area contributed by atoms with Crippen molar-refractivity contribution in [3.05, 3.63) is 47.1 Å². The molecule has 0 fully saturated rings. The predicted octanol–water partition coefficient (Wildman–Crippen LogP) is 2.35. The first kappa shape index (κ1) is 19.6. The van der Waals surface area contributed by atoms with Gasteiger partial charge >= 0.3 is 5.97 Å². The third kappa shape index (κ3) is 5.96. The molecular weight excluding hydrogens is 359 g/mol. The Kier molecular flexibility index (Phi) is 6.85. The molecule has 0 aliphatic rings. The molecule has 0 saturated carbocycles. The van der Waals surface area contributed by atoms with Gasteiger partial charge in [0.25, 0.3) is 5.91 Å². The molecule has 1 heterocycles. The summed E-state index contributed by atoms with van der Waals surface area (Å²) >= 11 is 1.18. The first-order valence-corrected chi connectivity index (χ1v) is 8.75. The monoisotopic (exact) mass is 378 g/mol. The SMILES string of the molecule is CC(C)NC(=O)CNC(=O)COC(=O)c1ccc(-c2ccc(F)cc2)s1. The molecule has 0 atom stereocenters. The highest BCUT2D eigenvalue weighted by Gasteiger charge is 2.14. The van der Waals surface area contributed by atoms with Crippen molar-refractivity contribution in [3.8, 4) is 10.4 Å². The number of esters is 1. The highest BCUT2D eigenvalue weighted by molar-refractivity contribution is 7.17. The van der Waals surface area contributed by atoms with Crippen LogP contribution in [0.4, 0.5) is 4.39 Å². The second-order valence-electron chi connectivity index (χ2n) is 5.75. The van der Waals surface area contributed by atoms with Gasteiger partial charge < -0.3 is 15.4 Å². The number of halogens is 1. The van der Waals surface area contributed by atoms with Crippen LogP contribution in [0.2, 0.25) is 0 Å². The number of amides is 2. The van der Waals surface area contributed by atoms with Crippen LogP contribution in [-0.4, -0.2) is 37.0 Å². The summed E-state index contributed by atoms with van der Waals surface area (Å²) in [4.78, 5) is 36.2. The van der Waals surface area contributed by atoms with E-state index in [0.29, 0.717) is 4.88 Å². The fourth-order valence-electron chi connectivity index (χ4n) is 2.02. The summed E-state index contributed by atoms with van der Waals surface area (Å²) in [6.07, 6.45) is 0. The molecule has 0 aliphatic carbocycles. The van der Waals surface area contributed by atoms with Gasteiger partial charge in [-0.2, -0.15) is 0 Å². The molecule has 6 nitrogen and oxygen atoms in total. The van der Waals surface area contributed by atoms with Gasteiger partial charge in [-0.15, -0.1) is 11.3 Å². The van der Waals surface area contributed by atoms with Gasteiger partial charge in [-0.25, -0.2) is 9.18 Å². The minimum atomic E-state index is -0.634. The van der Waals surface area contributed by atoms with Gasteiger partial charge in [-0.1, -0.05) is 12.1 Å². The van der Waals surface area contributed by atoms with Crippen LogP contribution in [0.15, 0.2) is 36.4 Å². The van der Waals surface area contributed by atoms with E-state index in [1.165, 1.54) is 23.5 Å². The van der Waals surface area contributed by atoms with E-state index in [1.54, 1.807) is 24.3 Å². The van der Waals surface area contributed by atoms with Gasteiger partial charge in [0.1, 0.15) is 10.7 Å². The number of nitrogens with one attached hydrogen (secondary N) is 2. The summed E-state index contributed by atoms with van der Waals surface area (Å²) < 4.78 is 17.9. The smallest absolute Gasteiger partial charge is 0.348 e. The average molecular weight is 378 g/mol. The van der Waals surface area contributed by atoms with Crippen molar-refractivity contribution < 1.29 is 23.5 Å². The van der Waals surface area contributed by atoms with Crippen LogP contribution >= 0.6 is 11.3 Å². The van der Waals surface area contributed by atoms with Gasteiger partial charge in [0.15, 0.2) is 6.61 Å². The molecule has 1 aromatic carbocycles. The topological polar surface area (TPSA) is 84.5 Å². The Labute approximate surface area is 154 Å². The second kappa shape index (κ2) is 9.10. The Morgan fingerprint density at radius 2 is 1.77 bits per heavy atom. The summed E-state index contributed by atoms with van der Waals surface area (Å²) in [5, 5.41) is 5.00. The fourth-order valence-corrected chi connectivity index (χ4v) is 2.93. The molecule has 1 aromatic heterocycles. The van der Waals surface area contributed by atoms with E-state index < -0.39 is 18.5 Å². The lowest BCUT2D eigenvalue weighted by molar-refractivity contribution is -0.128. The van der Waals surface area contributed by atoms with E-state index in [9.17, 15) is 18.8 Å². The Hall–Kier alpha value is -2.74. The van der Waals surface area contributed by atoms with Crippen LogP contribution in [0.3, 0.4) is 0 Å². The zero-order chi connectivity index (χ0) is 19.1. The minimum absolute atomic E-state index is 0.0219. The number of benzene rings is 1. The quantitative estimate of drug-likeness (QED) is 0.725. The van der Waals surface area contributed by atoms with Gasteiger partial charge in [-0.05, 0) is 43.7 Å². The summed E-state index contributed by atoms with van der Waals surface area (Å²) in [6.45, 7) is 2.96. The summed E-state index contributed by atoms with van der Waals surface area (Å²) in [6, 6.07) is 9.20. The second-order valence-corrected chi connectivity index (χ2v) is 6.83. The van der Waals surface area contributed by atoms with E-state index in [-0.39, 0.29) is 24.3 Å². The minimum Gasteiger partial charge on any atom is -0.451 e. The molecule has 0 saturated heterocycles. The number of rotatable bonds is 7. The first-order valence-electron chi connectivity index (χ1n) is 7.94. The van der Waals surface area contributed by atoms with Crippen LogP contribution in [0.25, 0.3) is 10.4 Å². The Bertz CT molecular complexity index is 787. The standard InChI is InChI=1S/C18H19FN2O4S/c1-11(2)21-16(22)9-20-17(23)10-25-18(24)15-8-7-14(26-15)12-3-5-13(19)6-4-12/h3-8,11H,9-10H2,1-2H3,(H,20,23)(H,21,22). The van der Waals surface area contributed by atoms with E-state index in [0.717, 1.165) is 10.4 Å². The van der Waals surface area contributed by atoms with Crippen molar-refractivity contribution in [3.63, 3.8) is 0 Å². The maximum Gasteiger partial charge on any atom is 0.348 e. The van der Waals surface area contributed by atoms with E-state index in [4.69, 9.17) is 4.74 Å². The van der Waals surface area contributed by atoms with Crippen LogP contribution in [-0.2, 0) is 14.3 Å². The molecule has 0 bridgehead atoms. The maximum absolute atomic E-state index is 13.0. The highest BCUT2D eigenvalue weighted by Crippen LogP contribution is 2.28. The zero-order valence-corrected chi connectivity index (χ0v) is 15.2. The van der Waals surface area contributed by atoms with Crippen LogP contribution in [0.1, 0.15) is 23.5 Å². The Morgan fingerprint density at radius 3 is 2.42 bits per heavy atom.